The predicted octanol–water partition coefficient (Wildman–Crippen LogP) is 2.79. The van der Waals surface area contributed by atoms with Crippen molar-refractivity contribution in [2.45, 2.75) is 17.8 Å². The quantitative estimate of drug-likeness (QED) is 0.359. The summed E-state index contributed by atoms with van der Waals surface area (Å²) in [5.41, 5.74) is 1.16. The van der Waals surface area contributed by atoms with Crippen molar-refractivity contribution in [1.29, 1.82) is 0 Å². The Morgan fingerprint density at radius 2 is 2.09 bits per heavy atom. The highest BCUT2D eigenvalue weighted by molar-refractivity contribution is 14.1. The van der Waals surface area contributed by atoms with Crippen molar-refractivity contribution in [3.05, 3.63) is 23.7 Å². The number of hydrogen-bond acceptors (Lipinski definition) is 1. The molecule has 0 saturated carbocycles. The molecule has 0 radical (unpaired) electrons. The lowest BCUT2D eigenvalue weighted by atomic mass is 10.2. The van der Waals surface area contributed by atoms with Crippen molar-refractivity contribution < 1.29 is 4.39 Å². The van der Waals surface area contributed by atoms with Gasteiger partial charge in [-0.25, -0.2) is 0 Å². The van der Waals surface area contributed by atoms with E-state index >= 15 is 0 Å². The minimum absolute atomic E-state index is 0.304. The second kappa shape index (κ2) is 5.57. The molecule has 0 aliphatic rings. The van der Waals surface area contributed by atoms with Gasteiger partial charge in [0.25, 0.3) is 0 Å². The molecule has 0 aliphatic carbocycles. The van der Waals surface area contributed by atoms with Gasteiger partial charge < -0.3 is 5.32 Å². The van der Waals surface area contributed by atoms with Crippen LogP contribution in [0.25, 0.3) is 0 Å². The zero-order chi connectivity index (χ0) is 8.85. The minimum atomic E-state index is -0.304. The van der Waals surface area contributed by atoms with E-state index in [1.807, 2.05) is 6.92 Å². The maximum atomic E-state index is 12.5. The summed E-state index contributed by atoms with van der Waals surface area (Å²) in [4.78, 5) is 0. The molecule has 0 amide bonds. The molecule has 1 nitrogen and oxygen atoms in total. The van der Waals surface area contributed by atoms with E-state index in [1.165, 1.54) is 6.08 Å². The molecule has 0 saturated heterocycles. The highest BCUT2D eigenvalue weighted by Crippen LogP contribution is 2.11. The fourth-order valence-corrected chi connectivity index (χ4v) is 0.628. The number of allylic oxidation sites excluding steroid dienone is 3. The van der Waals surface area contributed by atoms with Crippen molar-refractivity contribution in [2.24, 2.45) is 0 Å². The van der Waals surface area contributed by atoms with E-state index in [9.17, 15) is 4.39 Å². The fourth-order valence-electron chi connectivity index (χ4n) is 0.421. The second-order valence-electron chi connectivity index (χ2n) is 2.29. The van der Waals surface area contributed by atoms with Crippen LogP contribution in [-0.4, -0.2) is 11.0 Å². The summed E-state index contributed by atoms with van der Waals surface area (Å²) in [6.45, 7) is 4.05. The highest BCUT2D eigenvalue weighted by atomic mass is 127. The summed E-state index contributed by atoms with van der Waals surface area (Å²) in [7, 11) is 1.56. The monoisotopic (exact) mass is 269 g/mol. The van der Waals surface area contributed by atoms with E-state index in [1.54, 1.807) is 13.1 Å². The van der Waals surface area contributed by atoms with Gasteiger partial charge in [-0.2, -0.15) is 4.39 Å². The van der Waals surface area contributed by atoms with Gasteiger partial charge in [-0.05, 0) is 19.9 Å². The lowest BCUT2D eigenvalue weighted by Crippen LogP contribution is -1.99. The molecule has 3 heteroatoms. The molecule has 0 fully saturated rings. The van der Waals surface area contributed by atoms with Crippen LogP contribution in [0.4, 0.5) is 4.39 Å². The SMILES string of the molecule is CN/C(F)=C\C=C(/C)C(C)I. The van der Waals surface area contributed by atoms with Gasteiger partial charge in [-0.15, -0.1) is 0 Å². The van der Waals surface area contributed by atoms with Crippen LogP contribution < -0.4 is 5.32 Å². The Bertz CT molecular complexity index is 173. The molecule has 1 N–H and O–H groups in total. The van der Waals surface area contributed by atoms with Crippen LogP contribution in [-0.2, 0) is 0 Å². The van der Waals surface area contributed by atoms with Crippen molar-refractivity contribution in [1.82, 2.24) is 5.32 Å². The zero-order valence-corrected chi connectivity index (χ0v) is 9.15. The van der Waals surface area contributed by atoms with Crippen molar-refractivity contribution in [3.8, 4) is 0 Å². The third kappa shape index (κ3) is 5.24. The van der Waals surface area contributed by atoms with Gasteiger partial charge in [0, 0.05) is 11.0 Å². The number of alkyl halides is 1. The van der Waals surface area contributed by atoms with Gasteiger partial charge in [0.2, 0.25) is 0 Å². The van der Waals surface area contributed by atoms with Gasteiger partial charge in [-0.1, -0.05) is 34.2 Å². The van der Waals surface area contributed by atoms with Crippen molar-refractivity contribution >= 4 is 22.6 Å². The standard InChI is InChI=1S/C8H13FIN/c1-6(7(2)10)4-5-8(9)11-3/h4-5,7,11H,1-3H3/b6-4+,8-5-. The average molecular weight is 269 g/mol. The van der Waals surface area contributed by atoms with E-state index in [4.69, 9.17) is 0 Å². The summed E-state index contributed by atoms with van der Waals surface area (Å²) in [6.07, 6.45) is 3.22. The van der Waals surface area contributed by atoms with Gasteiger partial charge in [0.1, 0.15) is 0 Å². The fraction of sp³-hybridized carbons (Fsp3) is 0.500. The molecular formula is C8H13FIN. The Labute approximate surface area is 80.9 Å². The van der Waals surface area contributed by atoms with Crippen molar-refractivity contribution in [2.75, 3.05) is 7.05 Å². The van der Waals surface area contributed by atoms with Gasteiger partial charge in [0.15, 0.2) is 5.95 Å². The van der Waals surface area contributed by atoms with Crippen LogP contribution in [0.1, 0.15) is 13.8 Å². The van der Waals surface area contributed by atoms with E-state index in [-0.39, 0.29) is 5.95 Å². The molecule has 1 unspecified atom stereocenters. The molecular weight excluding hydrogens is 256 g/mol. The van der Waals surface area contributed by atoms with E-state index in [0.717, 1.165) is 5.57 Å². The minimum Gasteiger partial charge on any atom is -0.365 e. The molecule has 0 aliphatic heterocycles. The molecule has 0 heterocycles. The average Bonchev–Trinajstić information content (AvgIpc) is 1.99. The van der Waals surface area contributed by atoms with Crippen LogP contribution in [0, 0.1) is 0 Å². The Morgan fingerprint density at radius 3 is 2.45 bits per heavy atom. The first-order chi connectivity index (χ1) is 5.07. The Balaban J connectivity index is 4.11. The summed E-state index contributed by atoms with van der Waals surface area (Å²) >= 11 is 2.29. The molecule has 1 atom stereocenters. The normalized spacial score (nSPS) is 16.5. The number of hydrogen-bond donors (Lipinski definition) is 1. The maximum Gasteiger partial charge on any atom is 0.186 e. The Morgan fingerprint density at radius 1 is 1.55 bits per heavy atom. The second-order valence-corrected chi connectivity index (χ2v) is 4.16. The van der Waals surface area contributed by atoms with E-state index < -0.39 is 0 Å². The number of rotatable bonds is 3. The zero-order valence-electron chi connectivity index (χ0n) is 6.99. The first kappa shape index (κ1) is 10.9. The number of nitrogens with one attached hydrogen (secondary N) is 1. The largest absolute Gasteiger partial charge is 0.365 e. The molecule has 0 spiro atoms. The van der Waals surface area contributed by atoms with Crippen LogP contribution in [0.2, 0.25) is 0 Å². The third-order valence-corrected chi connectivity index (χ3v) is 2.34. The summed E-state index contributed by atoms with van der Waals surface area (Å²) in [5.74, 6) is -0.304. The first-order valence-corrected chi connectivity index (χ1v) is 4.68. The van der Waals surface area contributed by atoms with Crippen LogP contribution >= 0.6 is 22.6 Å². The third-order valence-electron chi connectivity index (χ3n) is 1.36. The molecule has 0 aromatic rings. The molecule has 0 rings (SSSR count). The Hall–Kier alpha value is -0.0600. The topological polar surface area (TPSA) is 12.0 Å². The van der Waals surface area contributed by atoms with Gasteiger partial charge in [0.05, 0.1) is 0 Å². The number of halogens is 2. The van der Waals surface area contributed by atoms with Gasteiger partial charge in [-0.3, -0.25) is 0 Å². The van der Waals surface area contributed by atoms with Crippen LogP contribution in [0.5, 0.6) is 0 Å². The molecule has 64 valence electrons. The Kier molecular flexibility index (Phi) is 5.54. The lowest BCUT2D eigenvalue weighted by molar-refractivity contribution is 0.574. The molecule has 11 heavy (non-hydrogen) atoms. The highest BCUT2D eigenvalue weighted by Gasteiger charge is 1.95. The van der Waals surface area contributed by atoms with Crippen LogP contribution in [0.15, 0.2) is 23.7 Å². The summed E-state index contributed by atoms with van der Waals surface area (Å²) < 4.78 is 12.9. The summed E-state index contributed by atoms with van der Waals surface area (Å²) in [6, 6.07) is 0. The molecule has 0 bridgehead atoms. The summed E-state index contributed by atoms with van der Waals surface area (Å²) in [5, 5.41) is 2.41. The van der Waals surface area contributed by atoms with E-state index in [2.05, 4.69) is 34.8 Å². The lowest BCUT2D eigenvalue weighted by Gasteiger charge is -2.00. The van der Waals surface area contributed by atoms with Crippen molar-refractivity contribution in [3.63, 3.8) is 0 Å². The van der Waals surface area contributed by atoms with Crippen LogP contribution in [0.3, 0.4) is 0 Å². The van der Waals surface area contributed by atoms with E-state index in [0.29, 0.717) is 3.92 Å². The maximum absolute atomic E-state index is 12.5. The first-order valence-electron chi connectivity index (χ1n) is 3.43. The smallest absolute Gasteiger partial charge is 0.186 e. The molecule has 0 aromatic heterocycles. The van der Waals surface area contributed by atoms with Gasteiger partial charge >= 0.3 is 0 Å². The molecule has 0 aromatic carbocycles. The predicted molar refractivity (Wildman–Crippen MR) is 55.5 cm³/mol.